The van der Waals surface area contributed by atoms with Crippen molar-refractivity contribution >= 4 is 11.4 Å². The van der Waals surface area contributed by atoms with Gasteiger partial charge in [0.1, 0.15) is 0 Å². The Morgan fingerprint density at radius 1 is 0.878 bits per heavy atom. The maximum Gasteiger partial charge on any atom is 0.416 e. The molecule has 1 unspecified atom stereocenters. The minimum atomic E-state index is -4.22. The lowest BCUT2D eigenvalue weighted by Gasteiger charge is -2.18. The first-order chi connectivity index (χ1) is 19.3. The first kappa shape index (κ1) is 37.5. The van der Waals surface area contributed by atoms with Gasteiger partial charge in [0.25, 0.3) is 0 Å². The molecule has 0 saturated carbocycles. The van der Waals surface area contributed by atoms with E-state index >= 15 is 0 Å². The second-order valence-corrected chi connectivity index (χ2v) is 10.1. The topological polar surface area (TPSA) is 24.1 Å². The van der Waals surface area contributed by atoms with Crippen LogP contribution in [0.15, 0.2) is 109 Å². The molecule has 0 bridgehead atoms. The summed E-state index contributed by atoms with van der Waals surface area (Å²) in [7, 11) is 0. The van der Waals surface area contributed by atoms with Crippen molar-refractivity contribution in [2.75, 3.05) is 10.6 Å². The highest BCUT2D eigenvalue weighted by molar-refractivity contribution is 5.55. The van der Waals surface area contributed by atoms with Crippen LogP contribution in [-0.2, 0) is 12.6 Å². The molecule has 2 nitrogen and oxygen atoms in total. The summed E-state index contributed by atoms with van der Waals surface area (Å²) < 4.78 is 36.7. The molecule has 0 aliphatic heterocycles. The van der Waals surface area contributed by atoms with Crippen LogP contribution in [-0.4, -0.2) is 6.04 Å². The fraction of sp³-hybridized carbons (Fsp3) is 0.389. The third kappa shape index (κ3) is 17.1. The Balaban J connectivity index is 0.000000612. The third-order valence-corrected chi connectivity index (χ3v) is 6.07. The number of rotatable bonds is 12. The zero-order valence-corrected chi connectivity index (χ0v) is 26.2. The van der Waals surface area contributed by atoms with Crippen LogP contribution in [0.3, 0.4) is 0 Å². The average Bonchev–Trinajstić information content (AvgIpc) is 2.92. The Labute approximate surface area is 247 Å². The summed E-state index contributed by atoms with van der Waals surface area (Å²) in [6, 6.07) is 14.6. The molecule has 1 atom stereocenters. The van der Waals surface area contributed by atoms with Crippen molar-refractivity contribution in [3.05, 3.63) is 120 Å². The van der Waals surface area contributed by atoms with E-state index in [1.165, 1.54) is 49.1 Å². The van der Waals surface area contributed by atoms with E-state index < -0.39 is 11.7 Å². The van der Waals surface area contributed by atoms with Gasteiger partial charge in [-0.1, -0.05) is 101 Å². The number of allylic oxidation sites excluding steroid dienone is 7. The highest BCUT2D eigenvalue weighted by atomic mass is 19.4. The van der Waals surface area contributed by atoms with Crippen molar-refractivity contribution in [2.24, 2.45) is 0 Å². The Morgan fingerprint density at radius 2 is 1.46 bits per heavy atom. The number of halogens is 3. The first-order valence-electron chi connectivity index (χ1n) is 14.4. The minimum Gasteiger partial charge on any atom is -0.382 e. The number of anilines is 2. The van der Waals surface area contributed by atoms with Gasteiger partial charge in [-0.3, -0.25) is 0 Å². The molecular weight excluding hydrogens is 517 g/mol. The van der Waals surface area contributed by atoms with Crippen molar-refractivity contribution in [3.63, 3.8) is 0 Å². The largest absolute Gasteiger partial charge is 0.416 e. The van der Waals surface area contributed by atoms with Crippen LogP contribution in [0.25, 0.3) is 0 Å². The second kappa shape index (κ2) is 20.4. The molecule has 2 aromatic carbocycles. The molecule has 2 rings (SSSR count). The summed E-state index contributed by atoms with van der Waals surface area (Å²) in [5, 5.41) is 6.81. The Morgan fingerprint density at radius 3 is 1.88 bits per heavy atom. The maximum absolute atomic E-state index is 12.2. The number of aryl methyl sites for hydroxylation is 1. The lowest BCUT2D eigenvalue weighted by Crippen LogP contribution is -2.18. The number of hydrogen-bond donors (Lipinski definition) is 2. The van der Waals surface area contributed by atoms with Crippen molar-refractivity contribution in [1.29, 1.82) is 0 Å². The van der Waals surface area contributed by atoms with Gasteiger partial charge in [-0.2, -0.15) is 13.2 Å². The standard InChI is InChI=1S/C16H26N2.C11H16.C9H9F3/c1-5-7-8-14(6-2)18-16-11-9-15(10-12-16)17-13(3)4;1-6-11(10(4)5)8-7-9(2)3;1-2-7-5-3-4-6-8(7)9(10,11)12/h9-12,14,17-18H,3,5-8H2,1-2,4H3;6-8H,2,4H2,1,3,5H3;3-6H,2H2,1H3/b;8-7-,11-6-;. The van der Waals surface area contributed by atoms with E-state index in [-0.39, 0.29) is 0 Å². The fourth-order valence-corrected chi connectivity index (χ4v) is 3.78. The zero-order chi connectivity index (χ0) is 31.4. The number of hydrogen-bond acceptors (Lipinski definition) is 2. The second-order valence-electron chi connectivity index (χ2n) is 10.1. The van der Waals surface area contributed by atoms with Gasteiger partial charge >= 0.3 is 6.18 Å². The van der Waals surface area contributed by atoms with Crippen LogP contribution in [0.1, 0.15) is 85.3 Å². The molecule has 0 aromatic heterocycles. The van der Waals surface area contributed by atoms with E-state index in [0.29, 0.717) is 18.0 Å². The van der Waals surface area contributed by atoms with Gasteiger partial charge in [0.05, 0.1) is 5.56 Å². The van der Waals surface area contributed by atoms with E-state index in [1.807, 2.05) is 45.9 Å². The van der Waals surface area contributed by atoms with Gasteiger partial charge < -0.3 is 10.6 Å². The highest BCUT2D eigenvalue weighted by Gasteiger charge is 2.32. The van der Waals surface area contributed by atoms with Crippen LogP contribution >= 0.6 is 0 Å². The lowest BCUT2D eigenvalue weighted by atomic mass is 10.1. The van der Waals surface area contributed by atoms with E-state index in [9.17, 15) is 13.2 Å². The zero-order valence-electron chi connectivity index (χ0n) is 26.2. The van der Waals surface area contributed by atoms with Crippen LogP contribution in [0.4, 0.5) is 24.5 Å². The predicted molar refractivity (Wildman–Crippen MR) is 175 cm³/mol. The van der Waals surface area contributed by atoms with Crippen LogP contribution in [0.2, 0.25) is 0 Å². The average molecular weight is 569 g/mol. The normalized spacial score (nSPS) is 11.9. The lowest BCUT2D eigenvalue weighted by molar-refractivity contribution is -0.138. The molecule has 0 spiro atoms. The molecule has 5 heteroatoms. The van der Waals surface area contributed by atoms with Crippen molar-refractivity contribution in [1.82, 2.24) is 0 Å². The monoisotopic (exact) mass is 568 g/mol. The molecule has 2 N–H and O–H groups in total. The molecule has 2 aromatic rings. The molecule has 41 heavy (non-hydrogen) atoms. The molecule has 0 amide bonds. The molecule has 0 fully saturated rings. The van der Waals surface area contributed by atoms with Crippen molar-refractivity contribution < 1.29 is 13.2 Å². The van der Waals surface area contributed by atoms with Crippen molar-refractivity contribution in [2.45, 2.75) is 92.8 Å². The van der Waals surface area contributed by atoms with Crippen LogP contribution in [0, 0.1) is 0 Å². The Bertz CT molecular complexity index is 1120. The summed E-state index contributed by atoms with van der Waals surface area (Å²) in [5.74, 6) is 0. The first-order valence-corrected chi connectivity index (χ1v) is 14.4. The summed E-state index contributed by atoms with van der Waals surface area (Å²) >= 11 is 0. The third-order valence-electron chi connectivity index (χ3n) is 6.07. The Hall–Kier alpha value is -3.47. The van der Waals surface area contributed by atoms with Gasteiger partial charge in [0.2, 0.25) is 0 Å². The van der Waals surface area contributed by atoms with Gasteiger partial charge in [0, 0.05) is 23.1 Å². The summed E-state index contributed by atoms with van der Waals surface area (Å²) in [4.78, 5) is 0. The smallest absolute Gasteiger partial charge is 0.382 e. The molecule has 226 valence electrons. The fourth-order valence-electron chi connectivity index (χ4n) is 3.78. The number of nitrogens with one attached hydrogen (secondary N) is 2. The van der Waals surface area contributed by atoms with Gasteiger partial charge in [0.15, 0.2) is 0 Å². The van der Waals surface area contributed by atoms with Gasteiger partial charge in [-0.05, 0) is 88.4 Å². The Kier molecular flexibility index (Phi) is 18.7. The summed E-state index contributed by atoms with van der Waals surface area (Å²) in [6.45, 7) is 25.6. The highest BCUT2D eigenvalue weighted by Crippen LogP contribution is 2.31. The summed E-state index contributed by atoms with van der Waals surface area (Å²) in [6.07, 6.45) is 7.24. The molecule has 0 radical (unpaired) electrons. The predicted octanol–water partition coefficient (Wildman–Crippen LogP) is 11.9. The van der Waals surface area contributed by atoms with Crippen LogP contribution in [0.5, 0.6) is 0 Å². The van der Waals surface area contributed by atoms with Gasteiger partial charge in [-0.15, -0.1) is 0 Å². The summed E-state index contributed by atoms with van der Waals surface area (Å²) in [5.41, 5.74) is 6.41. The van der Waals surface area contributed by atoms with E-state index in [1.54, 1.807) is 13.0 Å². The van der Waals surface area contributed by atoms with E-state index in [0.717, 1.165) is 28.6 Å². The van der Waals surface area contributed by atoms with Gasteiger partial charge in [-0.25, -0.2) is 0 Å². The quantitative estimate of drug-likeness (QED) is 0.249. The molecular formula is C36H51F3N2. The number of benzene rings is 2. The number of unbranched alkanes of at least 4 members (excludes halogenated alkanes) is 1. The van der Waals surface area contributed by atoms with Crippen molar-refractivity contribution in [3.8, 4) is 0 Å². The SMILES string of the molecule is C=C(C)/C=C\C(=C\C)C(=C)C.C=C(C)Nc1ccc(NC(CC)CCCC)cc1.CCc1ccccc1C(F)(F)F. The molecule has 0 aliphatic carbocycles. The number of alkyl halides is 3. The molecule has 0 heterocycles. The molecule has 0 saturated heterocycles. The minimum absolute atomic E-state index is 0.352. The maximum atomic E-state index is 12.2. The molecule has 0 aliphatic rings. The van der Waals surface area contributed by atoms with E-state index in [4.69, 9.17) is 0 Å². The van der Waals surface area contributed by atoms with Crippen LogP contribution < -0.4 is 10.6 Å². The van der Waals surface area contributed by atoms with E-state index in [2.05, 4.69) is 68.5 Å².